The largest absolute Gasteiger partial charge is 0.356 e. The molecule has 2 saturated heterocycles. The third kappa shape index (κ3) is 6.06. The fourth-order valence-corrected chi connectivity index (χ4v) is 4.72. The average molecular weight is 436 g/mol. The summed E-state index contributed by atoms with van der Waals surface area (Å²) in [6, 6.07) is 12.4. The summed E-state index contributed by atoms with van der Waals surface area (Å²) >= 11 is 0. The van der Waals surface area contributed by atoms with Gasteiger partial charge in [-0.1, -0.05) is 36.8 Å². The van der Waals surface area contributed by atoms with E-state index < -0.39 is 0 Å². The van der Waals surface area contributed by atoms with Gasteiger partial charge in [-0.15, -0.1) is 10.2 Å². The van der Waals surface area contributed by atoms with Gasteiger partial charge in [0.2, 0.25) is 5.91 Å². The molecule has 1 N–H and O–H groups in total. The minimum absolute atomic E-state index is 0.0261. The van der Waals surface area contributed by atoms with Gasteiger partial charge in [0.15, 0.2) is 5.82 Å². The molecule has 1 amide bonds. The molecule has 172 valence electrons. The number of hydrogen-bond acceptors (Lipinski definition) is 5. The lowest BCUT2D eigenvalue weighted by molar-refractivity contribution is -0.125. The first-order chi connectivity index (χ1) is 15.6. The molecule has 6 heteroatoms. The second-order valence-corrected chi connectivity index (χ2v) is 9.60. The van der Waals surface area contributed by atoms with Gasteiger partial charge in [0.05, 0.1) is 11.6 Å². The van der Waals surface area contributed by atoms with Gasteiger partial charge in [0.25, 0.3) is 0 Å². The van der Waals surface area contributed by atoms with E-state index >= 15 is 0 Å². The molecule has 0 bridgehead atoms. The van der Waals surface area contributed by atoms with Crippen molar-refractivity contribution in [3.8, 4) is 11.3 Å². The van der Waals surface area contributed by atoms with Gasteiger partial charge < -0.3 is 15.1 Å². The van der Waals surface area contributed by atoms with Crippen molar-refractivity contribution in [1.82, 2.24) is 20.4 Å². The minimum Gasteiger partial charge on any atom is -0.356 e. The Morgan fingerprint density at radius 3 is 2.53 bits per heavy atom. The first-order valence-corrected chi connectivity index (χ1v) is 12.2. The smallest absolute Gasteiger partial charge is 0.224 e. The van der Waals surface area contributed by atoms with Gasteiger partial charge in [-0.25, -0.2) is 0 Å². The van der Waals surface area contributed by atoms with Crippen LogP contribution in [0.3, 0.4) is 0 Å². The number of likely N-dealkylation sites (tertiary alicyclic amines) is 1. The van der Waals surface area contributed by atoms with Crippen LogP contribution in [0, 0.1) is 18.8 Å². The van der Waals surface area contributed by atoms with Gasteiger partial charge >= 0.3 is 0 Å². The summed E-state index contributed by atoms with van der Waals surface area (Å²) in [5.74, 6) is 1.94. The van der Waals surface area contributed by atoms with Gasteiger partial charge in [0.1, 0.15) is 0 Å². The lowest BCUT2D eigenvalue weighted by atomic mass is 9.97. The van der Waals surface area contributed by atoms with E-state index in [1.807, 2.05) is 12.1 Å². The number of anilines is 1. The lowest BCUT2D eigenvalue weighted by Crippen LogP contribution is -2.44. The molecule has 2 aromatic rings. The van der Waals surface area contributed by atoms with Crippen LogP contribution in [-0.4, -0.2) is 60.3 Å². The molecule has 4 rings (SSSR count). The molecule has 0 radical (unpaired) electrons. The third-order valence-electron chi connectivity index (χ3n) is 6.94. The van der Waals surface area contributed by atoms with E-state index in [9.17, 15) is 4.79 Å². The molecule has 0 aliphatic carbocycles. The molecule has 2 fully saturated rings. The average Bonchev–Trinajstić information content (AvgIpc) is 2.83. The highest BCUT2D eigenvalue weighted by Gasteiger charge is 2.26. The van der Waals surface area contributed by atoms with Crippen LogP contribution in [-0.2, 0) is 4.79 Å². The maximum Gasteiger partial charge on any atom is 0.224 e. The molecule has 2 aliphatic rings. The van der Waals surface area contributed by atoms with E-state index in [1.165, 1.54) is 31.5 Å². The first-order valence-electron chi connectivity index (χ1n) is 12.2. The number of benzene rings is 1. The summed E-state index contributed by atoms with van der Waals surface area (Å²) in [6.45, 7) is 10.3. The van der Waals surface area contributed by atoms with Crippen LogP contribution < -0.4 is 10.2 Å². The molecule has 2 aliphatic heterocycles. The summed E-state index contributed by atoms with van der Waals surface area (Å²) in [6.07, 6.45) is 5.59. The van der Waals surface area contributed by atoms with Crippen molar-refractivity contribution in [2.75, 3.05) is 44.2 Å². The van der Waals surface area contributed by atoms with Gasteiger partial charge in [-0.3, -0.25) is 4.79 Å². The van der Waals surface area contributed by atoms with Crippen LogP contribution in [0.4, 0.5) is 5.82 Å². The number of piperidine rings is 2. The highest BCUT2D eigenvalue weighted by Crippen LogP contribution is 2.24. The van der Waals surface area contributed by atoms with Crippen LogP contribution in [0.25, 0.3) is 11.3 Å². The molecule has 1 atom stereocenters. The maximum absolute atomic E-state index is 12.7. The number of hydrogen-bond donors (Lipinski definition) is 1. The van der Waals surface area contributed by atoms with Crippen molar-refractivity contribution in [3.63, 3.8) is 0 Å². The molecule has 6 nitrogen and oxygen atoms in total. The zero-order valence-corrected chi connectivity index (χ0v) is 19.6. The maximum atomic E-state index is 12.7. The van der Waals surface area contributed by atoms with Gasteiger partial charge in [-0.2, -0.15) is 0 Å². The van der Waals surface area contributed by atoms with Crippen molar-refractivity contribution in [2.45, 2.75) is 46.0 Å². The minimum atomic E-state index is 0.0261. The second kappa shape index (κ2) is 10.9. The lowest BCUT2D eigenvalue weighted by Gasteiger charge is -2.33. The zero-order valence-electron chi connectivity index (χ0n) is 19.6. The number of carbonyl (C=O) groups is 1. The molecular formula is C26H37N5O. The summed E-state index contributed by atoms with van der Waals surface area (Å²) < 4.78 is 0. The van der Waals surface area contributed by atoms with Crippen LogP contribution in [0.5, 0.6) is 0 Å². The van der Waals surface area contributed by atoms with E-state index in [-0.39, 0.29) is 11.8 Å². The first kappa shape index (κ1) is 22.7. The van der Waals surface area contributed by atoms with E-state index in [2.05, 4.69) is 63.4 Å². The Hall–Kier alpha value is -2.47. The summed E-state index contributed by atoms with van der Waals surface area (Å²) in [7, 11) is 0. The molecular weight excluding hydrogens is 398 g/mol. The fourth-order valence-electron chi connectivity index (χ4n) is 4.72. The fraction of sp³-hybridized carbons (Fsp3) is 0.577. The normalized spacial score (nSPS) is 20.3. The molecule has 1 aromatic heterocycles. The Kier molecular flexibility index (Phi) is 7.74. The van der Waals surface area contributed by atoms with E-state index in [4.69, 9.17) is 0 Å². The van der Waals surface area contributed by atoms with E-state index in [1.54, 1.807) is 0 Å². The topological polar surface area (TPSA) is 61.4 Å². The second-order valence-electron chi connectivity index (χ2n) is 9.60. The number of nitrogens with one attached hydrogen (secondary N) is 1. The molecule has 0 saturated carbocycles. The highest BCUT2D eigenvalue weighted by molar-refractivity contribution is 5.79. The summed E-state index contributed by atoms with van der Waals surface area (Å²) in [5, 5.41) is 12.1. The molecule has 1 aromatic carbocycles. The number of aryl methyl sites for hydroxylation is 1. The number of carbonyl (C=O) groups excluding carboxylic acids is 1. The van der Waals surface area contributed by atoms with Crippen LogP contribution in [0.2, 0.25) is 0 Å². The van der Waals surface area contributed by atoms with Crippen LogP contribution >= 0.6 is 0 Å². The van der Waals surface area contributed by atoms with Crippen molar-refractivity contribution in [1.29, 1.82) is 0 Å². The molecule has 32 heavy (non-hydrogen) atoms. The van der Waals surface area contributed by atoms with Crippen LogP contribution in [0.1, 0.15) is 44.6 Å². The van der Waals surface area contributed by atoms with Gasteiger partial charge in [-0.05, 0) is 76.7 Å². The summed E-state index contributed by atoms with van der Waals surface area (Å²) in [5.41, 5.74) is 3.19. The zero-order chi connectivity index (χ0) is 22.3. The Labute approximate surface area is 192 Å². The van der Waals surface area contributed by atoms with E-state index in [0.717, 1.165) is 61.9 Å². The van der Waals surface area contributed by atoms with Crippen molar-refractivity contribution in [2.24, 2.45) is 11.8 Å². The number of rotatable bonds is 7. The molecule has 0 spiro atoms. The Balaban J connectivity index is 1.23. The van der Waals surface area contributed by atoms with Crippen LogP contribution in [0.15, 0.2) is 36.4 Å². The van der Waals surface area contributed by atoms with Crippen molar-refractivity contribution in [3.05, 3.63) is 42.0 Å². The highest BCUT2D eigenvalue weighted by atomic mass is 16.1. The number of amides is 1. The Morgan fingerprint density at radius 1 is 1.03 bits per heavy atom. The van der Waals surface area contributed by atoms with Crippen molar-refractivity contribution >= 4 is 11.7 Å². The monoisotopic (exact) mass is 435 g/mol. The number of nitrogens with zero attached hydrogens (tertiary/aromatic N) is 4. The van der Waals surface area contributed by atoms with Gasteiger partial charge in [0, 0.05) is 25.2 Å². The van der Waals surface area contributed by atoms with Crippen molar-refractivity contribution < 1.29 is 4.79 Å². The number of aromatic nitrogens is 2. The predicted octanol–water partition coefficient (Wildman–Crippen LogP) is 3.91. The predicted molar refractivity (Wildman–Crippen MR) is 130 cm³/mol. The Morgan fingerprint density at radius 2 is 1.81 bits per heavy atom. The Bertz CT molecular complexity index is 859. The SMILES string of the molecule is Cc1ccc(-c2ccc(N3CCC[C@H](C(=O)NCCCN4CCC(C)CC4)C3)nn2)cc1. The quantitative estimate of drug-likeness (QED) is 0.668. The van der Waals surface area contributed by atoms with E-state index in [0.29, 0.717) is 6.54 Å². The molecule has 3 heterocycles. The standard InChI is InChI=1S/C26H37N5O/c1-20-6-8-22(9-7-20)24-10-11-25(29-28-24)31-16-3-5-23(19-31)26(32)27-14-4-15-30-17-12-21(2)13-18-30/h6-11,21,23H,3-5,12-19H2,1-2H3,(H,27,32)/t23-/m0/s1. The summed E-state index contributed by atoms with van der Waals surface area (Å²) in [4.78, 5) is 17.5. The third-order valence-corrected chi connectivity index (χ3v) is 6.94. The molecule has 0 unspecified atom stereocenters.